The summed E-state index contributed by atoms with van der Waals surface area (Å²) in [6, 6.07) is 0. The molecule has 0 radical (unpaired) electrons. The molecule has 0 N–H and O–H groups in total. The third-order valence-corrected chi connectivity index (χ3v) is 4.90. The van der Waals surface area contributed by atoms with E-state index in [4.69, 9.17) is 0 Å². The highest BCUT2D eigenvalue weighted by molar-refractivity contribution is 5.23. The smallest absolute Gasteiger partial charge is 0.0261 e. The highest BCUT2D eigenvalue weighted by atomic mass is 14.8. The molecule has 5 saturated carbocycles. The molecule has 5 fully saturated rings. The fourth-order valence-electron chi connectivity index (χ4n) is 4.16. The predicted octanol–water partition coefficient (Wildman–Crippen LogP) is 2.69. The Bertz CT molecular complexity index is 172. The van der Waals surface area contributed by atoms with Gasteiger partial charge in [-0.05, 0) is 41.9 Å². The Kier molecular flexibility index (Phi) is 0.735. The summed E-state index contributed by atoms with van der Waals surface area (Å²) in [5.41, 5.74) is 0.866. The SMILES string of the molecule is CCC1CC2(C)C3CC2C13. The minimum atomic E-state index is 0.866. The molecule has 5 rings (SSSR count). The maximum atomic E-state index is 2.53. The van der Waals surface area contributed by atoms with Gasteiger partial charge in [0.15, 0.2) is 0 Å². The van der Waals surface area contributed by atoms with Gasteiger partial charge < -0.3 is 0 Å². The van der Waals surface area contributed by atoms with Crippen molar-refractivity contribution >= 4 is 0 Å². The Morgan fingerprint density at radius 1 is 1.40 bits per heavy atom. The van der Waals surface area contributed by atoms with E-state index in [1.807, 2.05) is 0 Å². The minimum Gasteiger partial charge on any atom is -0.0651 e. The maximum absolute atomic E-state index is 2.53. The highest BCUT2D eigenvalue weighted by Gasteiger charge is 2.75. The van der Waals surface area contributed by atoms with Gasteiger partial charge in [-0.25, -0.2) is 0 Å². The molecule has 10 heavy (non-hydrogen) atoms. The first-order valence-electron chi connectivity index (χ1n) is 4.77. The molecular weight excluding hydrogens is 120 g/mol. The van der Waals surface area contributed by atoms with Crippen LogP contribution in [0.5, 0.6) is 0 Å². The molecule has 3 atom stereocenters. The zero-order chi connectivity index (χ0) is 6.93. The van der Waals surface area contributed by atoms with Crippen molar-refractivity contribution in [2.45, 2.75) is 33.1 Å². The zero-order valence-corrected chi connectivity index (χ0v) is 6.93. The summed E-state index contributed by atoms with van der Waals surface area (Å²) in [6.07, 6.45) is 4.62. The molecule has 0 heteroatoms. The van der Waals surface area contributed by atoms with Crippen molar-refractivity contribution in [1.82, 2.24) is 0 Å². The van der Waals surface area contributed by atoms with Gasteiger partial charge >= 0.3 is 0 Å². The van der Waals surface area contributed by atoms with Gasteiger partial charge in [-0.1, -0.05) is 20.3 Å². The summed E-state index contributed by atoms with van der Waals surface area (Å²) in [4.78, 5) is 0. The minimum absolute atomic E-state index is 0.866. The zero-order valence-electron chi connectivity index (χ0n) is 6.93. The van der Waals surface area contributed by atoms with Gasteiger partial charge in [-0.3, -0.25) is 0 Å². The first kappa shape index (κ1) is 5.62. The largest absolute Gasteiger partial charge is 0.0651 e. The fourth-order valence-corrected chi connectivity index (χ4v) is 4.16. The molecule has 0 heterocycles. The highest BCUT2D eigenvalue weighted by Crippen LogP contribution is 2.81. The average Bonchev–Trinajstić information content (AvgIpc) is 2.12. The molecule has 0 aromatic heterocycles. The summed E-state index contributed by atoms with van der Waals surface area (Å²) in [5.74, 6) is 4.70. The third kappa shape index (κ3) is 0.320. The Hall–Kier alpha value is 0. The summed E-state index contributed by atoms with van der Waals surface area (Å²) in [6.45, 7) is 4.89. The maximum Gasteiger partial charge on any atom is -0.0261 e. The Morgan fingerprint density at radius 2 is 2.10 bits per heavy atom. The Morgan fingerprint density at radius 3 is 2.30 bits per heavy atom. The predicted molar refractivity (Wildman–Crippen MR) is 41.6 cm³/mol. The summed E-state index contributed by atoms with van der Waals surface area (Å²) in [5, 5.41) is 0. The van der Waals surface area contributed by atoms with Crippen LogP contribution < -0.4 is 0 Å². The van der Waals surface area contributed by atoms with Gasteiger partial charge in [-0.2, -0.15) is 0 Å². The average molecular weight is 136 g/mol. The van der Waals surface area contributed by atoms with Crippen LogP contribution in [0, 0.1) is 29.1 Å². The summed E-state index contributed by atoms with van der Waals surface area (Å²) >= 11 is 0. The van der Waals surface area contributed by atoms with E-state index in [0.717, 1.165) is 11.3 Å². The molecular formula is C10H16. The molecule has 0 aliphatic heterocycles. The van der Waals surface area contributed by atoms with E-state index in [1.165, 1.54) is 24.2 Å². The molecule has 5 aliphatic rings. The Balaban J connectivity index is 1.90. The normalized spacial score (nSPS) is 69.0. The van der Waals surface area contributed by atoms with E-state index >= 15 is 0 Å². The van der Waals surface area contributed by atoms with Crippen LogP contribution in [-0.2, 0) is 0 Å². The standard InChI is InChI=1S/C10H16/c1-3-6-5-10(2)7-4-8(10)9(6)7/h6-9H,3-5H2,1-2H3. The van der Waals surface area contributed by atoms with Gasteiger partial charge in [0.2, 0.25) is 0 Å². The fraction of sp³-hybridized carbons (Fsp3) is 1.00. The first-order chi connectivity index (χ1) is 4.77. The van der Waals surface area contributed by atoms with Crippen LogP contribution in [0.1, 0.15) is 33.1 Å². The molecule has 0 spiro atoms. The van der Waals surface area contributed by atoms with Crippen LogP contribution in [0.4, 0.5) is 0 Å². The van der Waals surface area contributed by atoms with Crippen molar-refractivity contribution in [2.75, 3.05) is 0 Å². The van der Waals surface area contributed by atoms with E-state index in [1.54, 1.807) is 12.8 Å². The van der Waals surface area contributed by atoms with Gasteiger partial charge in [0.25, 0.3) is 0 Å². The molecule has 0 aromatic rings. The van der Waals surface area contributed by atoms with Crippen LogP contribution in [-0.4, -0.2) is 0 Å². The van der Waals surface area contributed by atoms with Crippen molar-refractivity contribution < 1.29 is 0 Å². The van der Waals surface area contributed by atoms with Gasteiger partial charge in [0, 0.05) is 0 Å². The molecule has 0 amide bonds. The van der Waals surface area contributed by atoms with E-state index in [-0.39, 0.29) is 0 Å². The van der Waals surface area contributed by atoms with Crippen molar-refractivity contribution in [3.8, 4) is 0 Å². The van der Waals surface area contributed by atoms with Crippen LogP contribution in [0.3, 0.4) is 0 Å². The Labute approximate surface area is 63.0 Å². The number of rotatable bonds is 1. The monoisotopic (exact) mass is 136 g/mol. The van der Waals surface area contributed by atoms with Crippen LogP contribution in [0.25, 0.3) is 0 Å². The van der Waals surface area contributed by atoms with Crippen LogP contribution in [0.15, 0.2) is 0 Å². The number of hydrogen-bond donors (Lipinski definition) is 0. The molecule has 3 unspecified atom stereocenters. The van der Waals surface area contributed by atoms with Crippen LogP contribution >= 0.6 is 0 Å². The third-order valence-electron chi connectivity index (χ3n) is 4.90. The van der Waals surface area contributed by atoms with Crippen molar-refractivity contribution in [3.63, 3.8) is 0 Å². The van der Waals surface area contributed by atoms with E-state index in [0.29, 0.717) is 0 Å². The van der Waals surface area contributed by atoms with Gasteiger partial charge in [0.05, 0.1) is 0 Å². The van der Waals surface area contributed by atoms with Gasteiger partial charge in [0.1, 0.15) is 0 Å². The molecule has 56 valence electrons. The topological polar surface area (TPSA) is 0 Å². The summed E-state index contributed by atoms with van der Waals surface area (Å²) in [7, 11) is 0. The second-order valence-corrected chi connectivity index (χ2v) is 4.90. The molecule has 0 saturated heterocycles. The number of fused-ring (bicyclic) bond motifs is 1. The van der Waals surface area contributed by atoms with Crippen molar-refractivity contribution in [3.05, 3.63) is 0 Å². The second kappa shape index (κ2) is 1.31. The molecule has 5 aliphatic carbocycles. The van der Waals surface area contributed by atoms with Crippen molar-refractivity contribution in [2.24, 2.45) is 29.1 Å². The van der Waals surface area contributed by atoms with Gasteiger partial charge in [-0.15, -0.1) is 0 Å². The number of hydrogen-bond acceptors (Lipinski definition) is 0. The summed E-state index contributed by atoms with van der Waals surface area (Å²) < 4.78 is 0. The van der Waals surface area contributed by atoms with Crippen molar-refractivity contribution in [1.29, 1.82) is 0 Å². The van der Waals surface area contributed by atoms with E-state index in [9.17, 15) is 0 Å². The second-order valence-electron chi connectivity index (χ2n) is 4.90. The first-order valence-corrected chi connectivity index (χ1v) is 4.77. The lowest BCUT2D eigenvalue weighted by molar-refractivity contribution is -0.186. The quantitative estimate of drug-likeness (QED) is 0.520. The molecule has 0 nitrogen and oxygen atoms in total. The van der Waals surface area contributed by atoms with E-state index in [2.05, 4.69) is 13.8 Å². The lowest BCUT2D eigenvalue weighted by Gasteiger charge is -2.67. The molecule has 4 bridgehead atoms. The molecule has 0 aromatic carbocycles. The lowest BCUT2D eigenvalue weighted by atomic mass is 9.38. The lowest BCUT2D eigenvalue weighted by Crippen LogP contribution is -2.61. The van der Waals surface area contributed by atoms with Crippen LogP contribution in [0.2, 0.25) is 0 Å². The van der Waals surface area contributed by atoms with E-state index < -0.39 is 0 Å².